The number of rotatable bonds is 0. The van der Waals surface area contributed by atoms with Crippen LogP contribution < -0.4 is 5.43 Å². The fourth-order valence-electron chi connectivity index (χ4n) is 4.02. The molecule has 0 atom stereocenters. The van der Waals surface area contributed by atoms with Gasteiger partial charge in [0.15, 0.2) is 0 Å². The lowest BCUT2D eigenvalue weighted by Crippen LogP contribution is -2.02. The fraction of sp³-hybridized carbons (Fsp3) is 0. The first-order valence-electron chi connectivity index (χ1n) is 8.62. The first-order valence-corrected chi connectivity index (χ1v) is 9.41. The molecule has 0 saturated heterocycles. The van der Waals surface area contributed by atoms with Crippen LogP contribution in [0.25, 0.3) is 54.6 Å². The molecule has 27 heavy (non-hydrogen) atoms. The lowest BCUT2D eigenvalue weighted by Gasteiger charge is -2.12. The van der Waals surface area contributed by atoms with Gasteiger partial charge in [0.25, 0.3) is 0 Å². The molecule has 0 bridgehead atoms. The Labute approximate surface area is 160 Å². The molecule has 0 unspecified atom stereocenters. The Morgan fingerprint density at radius 1 is 0.630 bits per heavy atom. The molecule has 1 N–H and O–H groups in total. The maximum Gasteiger partial charge on any atom is 0.351 e. The van der Waals surface area contributed by atoms with Crippen LogP contribution in [0.4, 0.5) is 0 Å². The predicted molar refractivity (Wildman–Crippen MR) is 111 cm³/mol. The summed E-state index contributed by atoms with van der Waals surface area (Å²) in [5, 5.41) is 5.69. The number of hydrogen-bond donors (Lipinski definition) is 0. The SMILES string of the molecule is [OH+]=c1cccc2oc3cccc4oc5ccc6cc(Br)ccc6c5c(c12)c34. The van der Waals surface area contributed by atoms with Crippen molar-refractivity contribution in [3.8, 4) is 0 Å². The summed E-state index contributed by atoms with van der Waals surface area (Å²) < 4.78 is 13.3. The van der Waals surface area contributed by atoms with Crippen molar-refractivity contribution in [2.24, 2.45) is 0 Å². The van der Waals surface area contributed by atoms with Gasteiger partial charge in [-0.25, -0.2) is 0 Å². The van der Waals surface area contributed by atoms with Gasteiger partial charge in [0, 0.05) is 21.3 Å². The lowest BCUT2D eigenvalue weighted by atomic mass is 9.97. The van der Waals surface area contributed by atoms with Gasteiger partial charge in [-0.3, -0.25) is 4.79 Å². The summed E-state index contributed by atoms with van der Waals surface area (Å²) in [6.07, 6.45) is 0. The van der Waals surface area contributed by atoms with Gasteiger partial charge in [0.05, 0.1) is 5.39 Å². The van der Waals surface area contributed by atoms with E-state index in [-0.39, 0.29) is 5.43 Å². The summed E-state index contributed by atoms with van der Waals surface area (Å²) in [5.41, 5.74) is 3.10. The fourth-order valence-corrected chi connectivity index (χ4v) is 4.40. The first kappa shape index (κ1) is 15.0. The van der Waals surface area contributed by atoms with Crippen molar-refractivity contribution in [1.82, 2.24) is 0 Å². The molecule has 128 valence electrons. The van der Waals surface area contributed by atoms with Gasteiger partial charge in [-0.1, -0.05) is 34.1 Å². The zero-order valence-electron chi connectivity index (χ0n) is 14.0. The highest BCUT2D eigenvalue weighted by Crippen LogP contribution is 2.40. The summed E-state index contributed by atoms with van der Waals surface area (Å²) >= 11 is 3.55. The Kier molecular flexibility index (Phi) is 2.89. The minimum absolute atomic E-state index is 0.199. The van der Waals surface area contributed by atoms with Crippen LogP contribution in [0.2, 0.25) is 0 Å². The maximum atomic E-state index is 10.7. The standard InChI is InChI=1S/C23H11BrO3/c24-13-8-9-14-12(11-13)7-10-19-20(14)23-21-15(25)3-1-4-16(21)26-17-5-2-6-18(27-19)22(17)23/h1-11H/p+1. The van der Waals surface area contributed by atoms with Crippen LogP contribution in [-0.2, 0) is 0 Å². The Balaban J connectivity index is 2.09. The molecule has 0 amide bonds. The second-order valence-corrected chi connectivity index (χ2v) is 7.58. The van der Waals surface area contributed by atoms with Crippen LogP contribution in [0.15, 0.2) is 80.0 Å². The molecule has 6 rings (SSSR count). The lowest BCUT2D eigenvalue weighted by molar-refractivity contribution is 0.581. The normalized spacial score (nSPS) is 12.0. The second kappa shape index (κ2) is 5.21. The quantitative estimate of drug-likeness (QED) is 0.163. The summed E-state index contributed by atoms with van der Waals surface area (Å²) in [5.74, 6) is 0. The van der Waals surface area contributed by atoms with Crippen molar-refractivity contribution in [2.45, 2.75) is 0 Å². The Bertz CT molecular complexity index is 1590. The van der Waals surface area contributed by atoms with E-state index in [9.17, 15) is 4.79 Å². The molecule has 6 aromatic rings. The van der Waals surface area contributed by atoms with E-state index in [4.69, 9.17) is 8.83 Å². The predicted octanol–water partition coefficient (Wildman–Crippen LogP) is 6.41. The molecule has 0 fully saturated rings. The van der Waals surface area contributed by atoms with E-state index in [2.05, 4.69) is 34.1 Å². The molecule has 3 nitrogen and oxygen atoms in total. The zero-order valence-corrected chi connectivity index (χ0v) is 15.6. The molecule has 2 heterocycles. The van der Waals surface area contributed by atoms with Crippen LogP contribution in [0, 0.1) is 0 Å². The van der Waals surface area contributed by atoms with Gasteiger partial charge in [-0.05, 0) is 53.2 Å². The van der Waals surface area contributed by atoms with Crippen LogP contribution >= 0.6 is 15.9 Å². The summed E-state index contributed by atoms with van der Waals surface area (Å²) in [4.78, 5) is 10.7. The first-order chi connectivity index (χ1) is 13.2. The van der Waals surface area contributed by atoms with E-state index >= 15 is 0 Å². The monoisotopic (exact) mass is 415 g/mol. The minimum atomic E-state index is 0.199. The maximum absolute atomic E-state index is 10.7. The smallest absolute Gasteiger partial charge is 0.351 e. The molecule has 0 aliphatic heterocycles. The molecule has 0 aliphatic rings. The van der Waals surface area contributed by atoms with Crippen molar-refractivity contribution in [2.75, 3.05) is 0 Å². The van der Waals surface area contributed by atoms with Gasteiger partial charge < -0.3 is 8.83 Å². The van der Waals surface area contributed by atoms with Crippen molar-refractivity contribution in [1.29, 1.82) is 0 Å². The molecule has 0 spiro atoms. The van der Waals surface area contributed by atoms with Crippen molar-refractivity contribution < 1.29 is 13.6 Å². The number of hydrogen-bond acceptors (Lipinski definition) is 2. The van der Waals surface area contributed by atoms with Crippen molar-refractivity contribution >= 4 is 70.6 Å². The number of halogens is 1. The summed E-state index contributed by atoms with van der Waals surface area (Å²) in [6, 6.07) is 21.4. The third-order valence-electron chi connectivity index (χ3n) is 5.13. The van der Waals surface area contributed by atoms with Crippen LogP contribution in [0.5, 0.6) is 0 Å². The third kappa shape index (κ3) is 1.99. The van der Waals surface area contributed by atoms with E-state index in [1.165, 1.54) is 0 Å². The zero-order chi connectivity index (χ0) is 18.1. The second-order valence-electron chi connectivity index (χ2n) is 6.66. The average molecular weight is 416 g/mol. The molecule has 0 aliphatic carbocycles. The van der Waals surface area contributed by atoms with E-state index in [1.807, 2.05) is 36.4 Å². The van der Waals surface area contributed by atoms with Gasteiger partial charge in [0.1, 0.15) is 27.7 Å². The van der Waals surface area contributed by atoms with Crippen LogP contribution in [0.1, 0.15) is 0 Å². The Hall–Kier alpha value is -3.11. The summed E-state index contributed by atoms with van der Waals surface area (Å²) in [7, 11) is 0. The van der Waals surface area contributed by atoms with E-state index < -0.39 is 0 Å². The van der Waals surface area contributed by atoms with Gasteiger partial charge in [-0.15, -0.1) is 0 Å². The van der Waals surface area contributed by atoms with E-state index in [0.29, 0.717) is 11.0 Å². The van der Waals surface area contributed by atoms with Gasteiger partial charge in [0.2, 0.25) is 0 Å². The highest BCUT2D eigenvalue weighted by Gasteiger charge is 2.19. The molecule has 2 aromatic heterocycles. The number of fused-ring (bicyclic) bond motifs is 6. The topological polar surface area (TPSA) is 47.7 Å². The number of benzene rings is 4. The molecular weight excluding hydrogens is 404 g/mol. The third-order valence-corrected chi connectivity index (χ3v) is 5.62. The Morgan fingerprint density at radius 2 is 1.30 bits per heavy atom. The summed E-state index contributed by atoms with van der Waals surface area (Å²) in [6.45, 7) is 0. The van der Waals surface area contributed by atoms with Crippen molar-refractivity contribution in [3.63, 3.8) is 0 Å². The Morgan fingerprint density at radius 3 is 2.07 bits per heavy atom. The van der Waals surface area contributed by atoms with Crippen molar-refractivity contribution in [3.05, 3.63) is 76.6 Å². The molecular formula is C23H12BrO3+. The van der Waals surface area contributed by atoms with Crippen LogP contribution in [-0.4, -0.2) is 4.79 Å². The van der Waals surface area contributed by atoms with Gasteiger partial charge in [-0.2, -0.15) is 0 Å². The van der Waals surface area contributed by atoms with Crippen LogP contribution in [0.3, 0.4) is 0 Å². The highest BCUT2D eigenvalue weighted by atomic mass is 79.9. The molecule has 4 heteroatoms. The van der Waals surface area contributed by atoms with Gasteiger partial charge >= 0.3 is 5.43 Å². The molecule has 0 radical (unpaired) electrons. The largest absolute Gasteiger partial charge is 0.456 e. The molecule has 0 saturated carbocycles. The average Bonchev–Trinajstić information content (AvgIpc) is 2.67. The molecule has 4 aromatic carbocycles. The minimum Gasteiger partial charge on any atom is -0.456 e. The highest BCUT2D eigenvalue weighted by molar-refractivity contribution is 9.10. The van der Waals surface area contributed by atoms with E-state index in [0.717, 1.165) is 48.2 Å². The van der Waals surface area contributed by atoms with E-state index in [1.54, 1.807) is 12.1 Å².